The smallest absolute Gasteiger partial charge is 0.0754 e. The molecule has 1 aliphatic carbocycles. The Morgan fingerprint density at radius 1 is 0.373 bits per heavy atom. The Morgan fingerprint density at radius 3 is 1.59 bits per heavy atom. The van der Waals surface area contributed by atoms with Gasteiger partial charge in [0.15, 0.2) is 0 Å². The summed E-state index contributed by atoms with van der Waals surface area (Å²) in [5, 5.41) is 7.78. The van der Waals surface area contributed by atoms with Crippen LogP contribution in [-0.4, -0.2) is 0 Å². The highest BCUT2D eigenvalue weighted by atomic mass is 15.2. The highest BCUT2D eigenvalue weighted by Crippen LogP contribution is 2.63. The van der Waals surface area contributed by atoms with Crippen molar-refractivity contribution in [3.05, 3.63) is 216 Å². The standard InChI is InChI=1S/C49H32N2/c1-2-18-36(19-3-1)50(44-29-12-15-33-14-4-5-22-39(33)44)37-20-13-21-38(32-37)51-45-27-8-6-23-40(45)49(41-24-7-9-28-46(41)51)42-25-10-16-34-30-31-35-17-11-26-43(49)48(35)47(34)42/h1-32H. The van der Waals surface area contributed by atoms with Gasteiger partial charge in [-0.05, 0) is 97.7 Å². The normalized spacial score (nSPS) is 13.6. The molecule has 0 unspecified atom stereocenters. The molecule has 2 nitrogen and oxygen atoms in total. The molecule has 9 aromatic rings. The van der Waals surface area contributed by atoms with Crippen molar-refractivity contribution in [3.8, 4) is 0 Å². The van der Waals surface area contributed by atoms with E-state index in [9.17, 15) is 0 Å². The van der Waals surface area contributed by atoms with Gasteiger partial charge < -0.3 is 9.80 Å². The minimum atomic E-state index is -0.441. The molecule has 1 heterocycles. The van der Waals surface area contributed by atoms with Crippen molar-refractivity contribution in [2.45, 2.75) is 5.41 Å². The van der Waals surface area contributed by atoms with Gasteiger partial charge in [-0.1, -0.05) is 146 Å². The summed E-state index contributed by atoms with van der Waals surface area (Å²) in [4.78, 5) is 4.87. The summed E-state index contributed by atoms with van der Waals surface area (Å²) in [5.74, 6) is 0. The third-order valence-corrected chi connectivity index (χ3v) is 11.2. The van der Waals surface area contributed by atoms with Crippen molar-refractivity contribution in [1.82, 2.24) is 0 Å². The maximum absolute atomic E-state index is 2.48. The highest BCUT2D eigenvalue weighted by molar-refractivity contribution is 6.17. The molecule has 1 spiro atoms. The molecule has 51 heavy (non-hydrogen) atoms. The zero-order valence-corrected chi connectivity index (χ0v) is 27.9. The lowest BCUT2D eigenvalue weighted by Crippen LogP contribution is -2.36. The van der Waals surface area contributed by atoms with Crippen LogP contribution in [0.3, 0.4) is 0 Å². The fraction of sp³-hybridized carbons (Fsp3) is 0.0204. The molecule has 11 rings (SSSR count). The molecule has 0 amide bonds. The number of para-hydroxylation sites is 3. The largest absolute Gasteiger partial charge is 0.310 e. The summed E-state index contributed by atoms with van der Waals surface area (Å²) >= 11 is 0. The van der Waals surface area contributed by atoms with Crippen molar-refractivity contribution >= 4 is 66.4 Å². The third kappa shape index (κ3) is 3.82. The van der Waals surface area contributed by atoms with Crippen LogP contribution in [0, 0.1) is 0 Å². The molecule has 9 aromatic carbocycles. The number of nitrogens with zero attached hydrogens (tertiary/aromatic N) is 2. The first-order chi connectivity index (χ1) is 25.3. The van der Waals surface area contributed by atoms with E-state index in [1.54, 1.807) is 0 Å². The zero-order valence-electron chi connectivity index (χ0n) is 27.9. The van der Waals surface area contributed by atoms with E-state index in [0.717, 1.165) is 22.7 Å². The van der Waals surface area contributed by atoms with Crippen LogP contribution in [0.25, 0.3) is 32.3 Å². The lowest BCUT2D eigenvalue weighted by Gasteiger charge is -2.45. The Kier molecular flexibility index (Phi) is 5.91. The van der Waals surface area contributed by atoms with Crippen molar-refractivity contribution in [3.63, 3.8) is 0 Å². The van der Waals surface area contributed by atoms with Crippen LogP contribution in [0.1, 0.15) is 22.3 Å². The average Bonchev–Trinajstić information content (AvgIpc) is 3.50. The molecule has 0 bridgehead atoms. The second-order valence-electron chi connectivity index (χ2n) is 13.7. The molecule has 0 N–H and O–H groups in total. The molecule has 1 aliphatic heterocycles. The number of fused-ring (bicyclic) bond motifs is 7. The Balaban J connectivity index is 1.17. The summed E-state index contributed by atoms with van der Waals surface area (Å²) in [5.41, 5.74) is 11.8. The van der Waals surface area contributed by atoms with Gasteiger partial charge in [-0.25, -0.2) is 0 Å². The molecule has 0 radical (unpaired) electrons. The van der Waals surface area contributed by atoms with Crippen molar-refractivity contribution in [2.24, 2.45) is 0 Å². The minimum Gasteiger partial charge on any atom is -0.310 e. The minimum absolute atomic E-state index is 0.441. The predicted molar refractivity (Wildman–Crippen MR) is 214 cm³/mol. The van der Waals surface area contributed by atoms with E-state index in [1.807, 2.05) is 0 Å². The van der Waals surface area contributed by atoms with Crippen LogP contribution in [0.4, 0.5) is 34.1 Å². The van der Waals surface area contributed by atoms with Crippen LogP contribution in [-0.2, 0) is 5.41 Å². The molecular weight excluding hydrogens is 617 g/mol. The van der Waals surface area contributed by atoms with Crippen molar-refractivity contribution in [1.29, 1.82) is 0 Å². The number of anilines is 6. The molecule has 0 saturated carbocycles. The molecule has 0 fully saturated rings. The molecule has 2 aliphatic rings. The summed E-state index contributed by atoms with van der Waals surface area (Å²) in [6.45, 7) is 0. The molecule has 0 aromatic heterocycles. The van der Waals surface area contributed by atoms with Crippen LogP contribution >= 0.6 is 0 Å². The Bertz CT molecular complexity index is 2720. The summed E-state index contributed by atoms with van der Waals surface area (Å²) in [6.07, 6.45) is 0. The van der Waals surface area contributed by atoms with Gasteiger partial charge >= 0.3 is 0 Å². The average molecular weight is 649 g/mol. The summed E-state index contributed by atoms with van der Waals surface area (Å²) < 4.78 is 0. The zero-order chi connectivity index (χ0) is 33.5. The molecule has 2 heteroatoms. The van der Waals surface area contributed by atoms with E-state index in [1.165, 1.54) is 65.9 Å². The first-order valence-electron chi connectivity index (χ1n) is 17.7. The molecule has 0 saturated heterocycles. The van der Waals surface area contributed by atoms with E-state index in [4.69, 9.17) is 0 Å². The van der Waals surface area contributed by atoms with E-state index in [2.05, 4.69) is 204 Å². The van der Waals surface area contributed by atoms with Crippen LogP contribution in [0.2, 0.25) is 0 Å². The SMILES string of the molecule is c1ccc(N(c2cccc(N3c4ccccc4C4(c5ccccc53)c3cccc5ccc6cccc4c6c35)c2)c2cccc3ccccc23)cc1. The number of hydrogen-bond donors (Lipinski definition) is 0. The monoisotopic (exact) mass is 648 g/mol. The van der Waals surface area contributed by atoms with Gasteiger partial charge in [0.1, 0.15) is 0 Å². The Hall–Kier alpha value is -6.64. The van der Waals surface area contributed by atoms with E-state index >= 15 is 0 Å². The van der Waals surface area contributed by atoms with Gasteiger partial charge in [-0.3, -0.25) is 0 Å². The van der Waals surface area contributed by atoms with Gasteiger partial charge in [0, 0.05) is 22.4 Å². The molecule has 238 valence electrons. The lowest BCUT2D eigenvalue weighted by atomic mass is 9.64. The van der Waals surface area contributed by atoms with Crippen LogP contribution < -0.4 is 9.80 Å². The summed E-state index contributed by atoms with van der Waals surface area (Å²) in [6, 6.07) is 71.5. The number of hydrogen-bond acceptors (Lipinski definition) is 2. The lowest BCUT2D eigenvalue weighted by molar-refractivity contribution is 0.755. The van der Waals surface area contributed by atoms with Gasteiger partial charge in [0.2, 0.25) is 0 Å². The molecule has 0 atom stereocenters. The van der Waals surface area contributed by atoms with E-state index in [0.29, 0.717) is 0 Å². The quantitative estimate of drug-likeness (QED) is 0.175. The van der Waals surface area contributed by atoms with Gasteiger partial charge in [-0.2, -0.15) is 0 Å². The molecular formula is C49H32N2. The fourth-order valence-electron chi connectivity index (χ4n) is 9.21. The maximum Gasteiger partial charge on any atom is 0.0754 e. The number of rotatable bonds is 4. The fourth-order valence-corrected chi connectivity index (χ4v) is 9.21. The topological polar surface area (TPSA) is 6.48 Å². The van der Waals surface area contributed by atoms with Gasteiger partial charge in [-0.15, -0.1) is 0 Å². The van der Waals surface area contributed by atoms with E-state index < -0.39 is 5.41 Å². The Labute approximate surface area is 297 Å². The maximum atomic E-state index is 2.48. The predicted octanol–water partition coefficient (Wildman–Crippen LogP) is 13.1. The van der Waals surface area contributed by atoms with Gasteiger partial charge in [0.05, 0.1) is 22.5 Å². The van der Waals surface area contributed by atoms with Gasteiger partial charge in [0.25, 0.3) is 0 Å². The van der Waals surface area contributed by atoms with Crippen LogP contribution in [0.15, 0.2) is 194 Å². The second-order valence-corrected chi connectivity index (χ2v) is 13.7. The van der Waals surface area contributed by atoms with Crippen molar-refractivity contribution < 1.29 is 0 Å². The summed E-state index contributed by atoms with van der Waals surface area (Å²) in [7, 11) is 0. The van der Waals surface area contributed by atoms with E-state index in [-0.39, 0.29) is 0 Å². The third-order valence-electron chi connectivity index (χ3n) is 11.2. The second kappa shape index (κ2) is 10.7. The Morgan fingerprint density at radius 2 is 0.882 bits per heavy atom. The highest BCUT2D eigenvalue weighted by Gasteiger charge is 2.50. The number of benzene rings is 9. The first-order valence-corrected chi connectivity index (χ1v) is 17.7. The van der Waals surface area contributed by atoms with Crippen LogP contribution in [0.5, 0.6) is 0 Å². The first kappa shape index (κ1) is 28.2. The van der Waals surface area contributed by atoms with Crippen molar-refractivity contribution in [2.75, 3.05) is 9.80 Å².